The van der Waals surface area contributed by atoms with E-state index in [-0.39, 0.29) is 37.2 Å². The van der Waals surface area contributed by atoms with Crippen LogP contribution in [-0.4, -0.2) is 61.0 Å². The Balaban J connectivity index is 1.63. The van der Waals surface area contributed by atoms with Gasteiger partial charge in [0.25, 0.3) is 5.91 Å². The van der Waals surface area contributed by atoms with Gasteiger partial charge in [0.15, 0.2) is 0 Å². The first kappa shape index (κ1) is 20.9. The van der Waals surface area contributed by atoms with Crippen LogP contribution in [0.4, 0.5) is 0 Å². The van der Waals surface area contributed by atoms with Crippen LogP contribution >= 0.6 is 11.3 Å². The number of hydrogen-bond donors (Lipinski definition) is 2. The second-order valence-corrected chi connectivity index (χ2v) is 7.59. The minimum atomic E-state index is -0.569. The van der Waals surface area contributed by atoms with Gasteiger partial charge in [0.2, 0.25) is 11.8 Å². The lowest BCUT2D eigenvalue weighted by molar-refractivity contribution is -0.123. The number of pyridine rings is 1. The topological polar surface area (TPSA) is 101 Å². The molecule has 0 aliphatic carbocycles. The molecular formula is C20H24N4O4S. The van der Waals surface area contributed by atoms with E-state index >= 15 is 0 Å². The Bertz CT molecular complexity index is 856. The maximum absolute atomic E-state index is 12.8. The Kier molecular flexibility index (Phi) is 7.31. The van der Waals surface area contributed by atoms with Gasteiger partial charge in [-0.2, -0.15) is 0 Å². The quantitative estimate of drug-likeness (QED) is 0.629. The Morgan fingerprint density at radius 3 is 2.86 bits per heavy atom. The summed E-state index contributed by atoms with van der Waals surface area (Å²) in [6.45, 7) is 1.77. The van der Waals surface area contributed by atoms with E-state index in [1.165, 1.54) is 11.3 Å². The lowest BCUT2D eigenvalue weighted by Crippen LogP contribution is -2.44. The van der Waals surface area contributed by atoms with Gasteiger partial charge in [-0.15, -0.1) is 11.3 Å². The molecule has 9 heteroatoms. The average molecular weight is 417 g/mol. The van der Waals surface area contributed by atoms with E-state index in [9.17, 15) is 14.4 Å². The van der Waals surface area contributed by atoms with Crippen LogP contribution in [0.1, 0.15) is 33.3 Å². The van der Waals surface area contributed by atoms with Crippen molar-refractivity contribution in [3.8, 4) is 0 Å². The third-order valence-corrected chi connectivity index (χ3v) is 5.49. The van der Waals surface area contributed by atoms with E-state index in [1.54, 1.807) is 30.3 Å². The minimum absolute atomic E-state index is 0.0928. The summed E-state index contributed by atoms with van der Waals surface area (Å²) in [5, 5.41) is 7.37. The number of methoxy groups -OCH3 is 1. The number of carbonyl (C=O) groups excluding carboxylic acids is 3. The number of hydrogen-bond acceptors (Lipinski definition) is 6. The molecule has 29 heavy (non-hydrogen) atoms. The molecule has 0 saturated heterocycles. The molecule has 2 aromatic heterocycles. The second-order valence-electron chi connectivity index (χ2n) is 6.65. The van der Waals surface area contributed by atoms with Crippen molar-refractivity contribution in [1.82, 2.24) is 20.5 Å². The lowest BCUT2D eigenvalue weighted by Gasteiger charge is -2.33. The monoisotopic (exact) mass is 416 g/mol. The molecule has 1 atom stereocenters. The number of thiophene rings is 1. The first-order chi connectivity index (χ1) is 14.1. The zero-order chi connectivity index (χ0) is 20.6. The average Bonchev–Trinajstić information content (AvgIpc) is 3.27. The first-order valence-electron chi connectivity index (χ1n) is 9.40. The van der Waals surface area contributed by atoms with E-state index in [4.69, 9.17) is 4.74 Å². The van der Waals surface area contributed by atoms with Crippen molar-refractivity contribution in [1.29, 1.82) is 0 Å². The van der Waals surface area contributed by atoms with Gasteiger partial charge in [-0.05, 0) is 23.1 Å². The molecule has 3 rings (SSSR count). The molecule has 2 aromatic rings. The standard InChI is InChI=1S/C20H24N4O4S/c1-28-10-9-21-17(25)6-8-23-19(26)15-13-24(20(27)16-5-3-11-29-16)12-14-4-2-7-22-18(14)15/h2-5,7,11,15H,6,8-10,12-13H2,1H3,(H,21,25)(H,23,26). The largest absolute Gasteiger partial charge is 0.383 e. The number of nitrogens with one attached hydrogen (secondary N) is 2. The number of aromatic nitrogens is 1. The molecule has 0 spiro atoms. The van der Waals surface area contributed by atoms with Crippen LogP contribution < -0.4 is 10.6 Å². The number of carbonyl (C=O) groups is 3. The summed E-state index contributed by atoms with van der Waals surface area (Å²) < 4.78 is 4.88. The number of rotatable bonds is 8. The van der Waals surface area contributed by atoms with Crippen LogP contribution in [-0.2, 0) is 20.9 Å². The van der Waals surface area contributed by atoms with Crippen molar-refractivity contribution in [2.75, 3.05) is 33.4 Å². The molecule has 1 unspecified atom stereocenters. The Morgan fingerprint density at radius 2 is 2.10 bits per heavy atom. The highest BCUT2D eigenvalue weighted by molar-refractivity contribution is 7.12. The molecule has 0 aromatic carbocycles. The Hall–Kier alpha value is -2.78. The lowest BCUT2D eigenvalue weighted by atomic mass is 9.93. The summed E-state index contributed by atoms with van der Waals surface area (Å²) in [5.74, 6) is -1.05. The van der Waals surface area contributed by atoms with Crippen molar-refractivity contribution in [3.05, 3.63) is 52.0 Å². The third kappa shape index (κ3) is 5.39. The number of amides is 3. The smallest absolute Gasteiger partial charge is 0.264 e. The molecule has 0 saturated carbocycles. The Labute approximate surface area is 173 Å². The van der Waals surface area contributed by atoms with Crippen molar-refractivity contribution in [2.45, 2.75) is 18.9 Å². The van der Waals surface area contributed by atoms with Crippen LogP contribution in [0, 0.1) is 0 Å². The summed E-state index contributed by atoms with van der Waals surface area (Å²) in [4.78, 5) is 44.1. The van der Waals surface area contributed by atoms with Crippen molar-refractivity contribution in [3.63, 3.8) is 0 Å². The van der Waals surface area contributed by atoms with E-state index in [1.807, 2.05) is 17.5 Å². The van der Waals surface area contributed by atoms with Gasteiger partial charge in [-0.1, -0.05) is 12.1 Å². The van der Waals surface area contributed by atoms with Crippen molar-refractivity contribution in [2.24, 2.45) is 0 Å². The molecule has 0 fully saturated rings. The number of nitrogens with zero attached hydrogens (tertiary/aromatic N) is 2. The second kappa shape index (κ2) is 10.1. The molecule has 3 heterocycles. The predicted octanol–water partition coefficient (Wildman–Crippen LogP) is 1.15. The highest BCUT2D eigenvalue weighted by Crippen LogP contribution is 2.28. The number of fused-ring (bicyclic) bond motifs is 1. The fourth-order valence-electron chi connectivity index (χ4n) is 3.20. The molecular weight excluding hydrogens is 392 g/mol. The third-order valence-electron chi connectivity index (χ3n) is 4.64. The fourth-order valence-corrected chi connectivity index (χ4v) is 3.89. The van der Waals surface area contributed by atoms with Gasteiger partial charge in [0.05, 0.1) is 23.1 Å². The van der Waals surface area contributed by atoms with Gasteiger partial charge in [-0.25, -0.2) is 0 Å². The minimum Gasteiger partial charge on any atom is -0.383 e. The SMILES string of the molecule is COCCNC(=O)CCNC(=O)C1CN(C(=O)c2cccs2)Cc2cccnc21. The summed E-state index contributed by atoms with van der Waals surface area (Å²) in [5.41, 5.74) is 1.55. The molecule has 1 aliphatic rings. The maximum atomic E-state index is 12.8. The molecule has 154 valence electrons. The summed E-state index contributed by atoms with van der Waals surface area (Å²) in [6, 6.07) is 7.30. The highest BCUT2D eigenvalue weighted by Gasteiger charge is 2.34. The Morgan fingerprint density at radius 1 is 1.24 bits per heavy atom. The van der Waals surface area contributed by atoms with E-state index < -0.39 is 5.92 Å². The molecule has 3 amide bonds. The highest BCUT2D eigenvalue weighted by atomic mass is 32.1. The molecule has 0 radical (unpaired) electrons. The first-order valence-corrected chi connectivity index (χ1v) is 10.3. The maximum Gasteiger partial charge on any atom is 0.264 e. The van der Waals surface area contributed by atoms with Crippen LogP contribution in [0.5, 0.6) is 0 Å². The summed E-state index contributed by atoms with van der Waals surface area (Å²) in [6.07, 6.45) is 1.83. The van der Waals surface area contributed by atoms with Gasteiger partial charge < -0.3 is 20.3 Å². The zero-order valence-corrected chi connectivity index (χ0v) is 17.0. The van der Waals surface area contributed by atoms with E-state index in [0.717, 1.165) is 5.56 Å². The van der Waals surface area contributed by atoms with Crippen molar-refractivity contribution < 1.29 is 19.1 Å². The predicted molar refractivity (Wildman–Crippen MR) is 109 cm³/mol. The van der Waals surface area contributed by atoms with Gasteiger partial charge >= 0.3 is 0 Å². The van der Waals surface area contributed by atoms with Gasteiger partial charge in [-0.3, -0.25) is 19.4 Å². The number of ether oxygens (including phenoxy) is 1. The zero-order valence-electron chi connectivity index (χ0n) is 16.2. The van der Waals surface area contributed by atoms with Gasteiger partial charge in [0.1, 0.15) is 0 Å². The summed E-state index contributed by atoms with van der Waals surface area (Å²) in [7, 11) is 1.56. The molecule has 0 bridgehead atoms. The molecule has 2 N–H and O–H groups in total. The van der Waals surface area contributed by atoms with Crippen molar-refractivity contribution >= 4 is 29.1 Å². The molecule has 8 nitrogen and oxygen atoms in total. The van der Waals surface area contributed by atoms with Crippen LogP contribution in [0.25, 0.3) is 0 Å². The van der Waals surface area contributed by atoms with E-state index in [2.05, 4.69) is 15.6 Å². The van der Waals surface area contributed by atoms with Crippen LogP contribution in [0.3, 0.4) is 0 Å². The van der Waals surface area contributed by atoms with Gasteiger partial charge in [0, 0.05) is 45.9 Å². The summed E-state index contributed by atoms with van der Waals surface area (Å²) >= 11 is 1.38. The molecule has 1 aliphatic heterocycles. The van der Waals surface area contributed by atoms with Crippen LogP contribution in [0.15, 0.2) is 35.8 Å². The normalized spacial score (nSPS) is 15.5. The van der Waals surface area contributed by atoms with Crippen LogP contribution in [0.2, 0.25) is 0 Å². The van der Waals surface area contributed by atoms with E-state index in [0.29, 0.717) is 30.3 Å². The fraction of sp³-hybridized carbons (Fsp3) is 0.400.